The summed E-state index contributed by atoms with van der Waals surface area (Å²) < 4.78 is 7.17. The van der Waals surface area contributed by atoms with E-state index in [1.54, 1.807) is 0 Å². The second-order valence-electron chi connectivity index (χ2n) is 10.8. The number of esters is 1. The fraction of sp³-hybridized carbons (Fsp3) is 0.333. The molecule has 0 aliphatic carbocycles. The normalized spacial score (nSPS) is 15.7. The van der Waals surface area contributed by atoms with Crippen LogP contribution in [0.4, 0.5) is 0 Å². The number of hydrogen-bond acceptors (Lipinski definition) is 4. The maximum atomic E-state index is 13.3. The first kappa shape index (κ1) is 26.7. The zero-order valence-electron chi connectivity index (χ0n) is 23.3. The van der Waals surface area contributed by atoms with Crippen LogP contribution in [0.15, 0.2) is 79.0 Å². The molecule has 5 rings (SSSR count). The lowest BCUT2D eigenvalue weighted by atomic mass is 10.00. The van der Waals surface area contributed by atoms with Crippen LogP contribution in [-0.2, 0) is 11.3 Å². The first-order valence-corrected chi connectivity index (χ1v) is 13.7. The Morgan fingerprint density at radius 2 is 1.72 bits per heavy atom. The van der Waals surface area contributed by atoms with Gasteiger partial charge in [-0.3, -0.25) is 9.69 Å². The van der Waals surface area contributed by atoms with Crippen molar-refractivity contribution >= 4 is 22.8 Å². The first-order valence-electron chi connectivity index (χ1n) is 13.7. The second kappa shape index (κ2) is 11.5. The number of fused-ring (bicyclic) bond motifs is 1. The van der Waals surface area contributed by atoms with Gasteiger partial charge in [-0.05, 0) is 79.4 Å². The monoisotopic (exact) mass is 523 g/mol. The average Bonchev–Trinajstić information content (AvgIpc) is 3.34. The Morgan fingerprint density at radius 1 is 1.00 bits per heavy atom. The number of nitrogens with zero attached hydrogens (tertiary/aromatic N) is 3. The van der Waals surface area contributed by atoms with Crippen molar-refractivity contribution in [3.8, 4) is 5.69 Å². The average molecular weight is 524 g/mol. The highest BCUT2D eigenvalue weighted by Gasteiger charge is 2.28. The fourth-order valence-electron chi connectivity index (χ4n) is 5.56. The summed E-state index contributed by atoms with van der Waals surface area (Å²) in [6.45, 7) is 6.51. The van der Waals surface area contributed by atoms with Gasteiger partial charge in [0.2, 0.25) is 0 Å². The standard InChI is InChI=1S/C33H37N3O3/c1-23(2)24-12-14-25(15-13-24)32(37)35-18-8-11-29(22-35)34(3)20-27-21-36(28-9-6-5-7-10-28)31-17-16-26(19-30(27)31)33(38)39-4/h5-7,9-10,12-17,19,21,23,29H,8,11,18,20,22H2,1-4H3. The number of methoxy groups -OCH3 is 1. The van der Waals surface area contributed by atoms with Crippen LogP contribution < -0.4 is 0 Å². The molecular weight excluding hydrogens is 486 g/mol. The third kappa shape index (κ3) is 5.62. The van der Waals surface area contributed by atoms with Gasteiger partial charge in [0.1, 0.15) is 0 Å². The Morgan fingerprint density at radius 3 is 2.41 bits per heavy atom. The number of carbonyl (C=O) groups excluding carboxylic acids is 2. The number of benzene rings is 3. The number of carbonyl (C=O) groups is 2. The van der Waals surface area contributed by atoms with Gasteiger partial charge in [-0.2, -0.15) is 0 Å². The molecule has 39 heavy (non-hydrogen) atoms. The van der Waals surface area contributed by atoms with Crippen LogP contribution >= 0.6 is 0 Å². The van der Waals surface area contributed by atoms with Crippen LogP contribution in [0, 0.1) is 0 Å². The molecule has 1 fully saturated rings. The van der Waals surface area contributed by atoms with Gasteiger partial charge in [-0.15, -0.1) is 0 Å². The Hall–Kier alpha value is -3.90. The van der Waals surface area contributed by atoms with Crippen molar-refractivity contribution in [2.24, 2.45) is 0 Å². The Labute approximate surface area is 230 Å². The van der Waals surface area contributed by atoms with Crippen molar-refractivity contribution in [2.75, 3.05) is 27.2 Å². The van der Waals surface area contributed by atoms with Crippen LogP contribution in [0.1, 0.15) is 64.4 Å². The Balaban J connectivity index is 1.38. The van der Waals surface area contributed by atoms with Gasteiger partial charge in [-0.1, -0.05) is 44.2 Å². The molecular formula is C33H37N3O3. The lowest BCUT2D eigenvalue weighted by Crippen LogP contribution is -2.48. The molecule has 0 bridgehead atoms. The van der Waals surface area contributed by atoms with Gasteiger partial charge >= 0.3 is 5.97 Å². The lowest BCUT2D eigenvalue weighted by Gasteiger charge is -2.37. The summed E-state index contributed by atoms with van der Waals surface area (Å²) in [5.74, 6) is 0.206. The van der Waals surface area contributed by atoms with E-state index in [-0.39, 0.29) is 17.9 Å². The number of hydrogen-bond donors (Lipinski definition) is 0. The van der Waals surface area contributed by atoms with E-state index in [9.17, 15) is 9.59 Å². The Kier molecular flexibility index (Phi) is 7.84. The van der Waals surface area contributed by atoms with E-state index in [2.05, 4.69) is 60.8 Å². The van der Waals surface area contributed by atoms with E-state index in [1.807, 2.05) is 53.4 Å². The molecule has 1 amide bonds. The lowest BCUT2D eigenvalue weighted by molar-refractivity contribution is 0.0595. The fourth-order valence-corrected chi connectivity index (χ4v) is 5.56. The van der Waals surface area contributed by atoms with Crippen molar-refractivity contribution in [2.45, 2.75) is 45.2 Å². The molecule has 4 aromatic rings. The molecule has 6 heteroatoms. The maximum Gasteiger partial charge on any atom is 0.337 e. The highest BCUT2D eigenvalue weighted by Crippen LogP contribution is 2.29. The van der Waals surface area contributed by atoms with E-state index in [1.165, 1.54) is 12.7 Å². The van der Waals surface area contributed by atoms with Crippen molar-refractivity contribution in [1.29, 1.82) is 0 Å². The van der Waals surface area contributed by atoms with Crippen molar-refractivity contribution in [1.82, 2.24) is 14.4 Å². The van der Waals surface area contributed by atoms with E-state index in [0.717, 1.165) is 47.1 Å². The zero-order chi connectivity index (χ0) is 27.5. The summed E-state index contributed by atoms with van der Waals surface area (Å²) in [6, 6.07) is 24.3. The van der Waals surface area contributed by atoms with Crippen molar-refractivity contribution in [3.63, 3.8) is 0 Å². The summed E-state index contributed by atoms with van der Waals surface area (Å²) in [7, 11) is 3.54. The number of piperidine rings is 1. The molecule has 1 unspecified atom stereocenters. The number of para-hydroxylation sites is 1. The summed E-state index contributed by atoms with van der Waals surface area (Å²) in [6.07, 6.45) is 4.18. The van der Waals surface area contributed by atoms with Crippen LogP contribution in [0.2, 0.25) is 0 Å². The van der Waals surface area contributed by atoms with E-state index in [0.29, 0.717) is 24.6 Å². The van der Waals surface area contributed by atoms with Gasteiger partial charge in [0, 0.05) is 48.5 Å². The van der Waals surface area contributed by atoms with Gasteiger partial charge in [-0.25, -0.2) is 4.79 Å². The molecule has 0 spiro atoms. The van der Waals surface area contributed by atoms with Crippen LogP contribution in [0.25, 0.3) is 16.6 Å². The second-order valence-corrected chi connectivity index (χ2v) is 10.8. The topological polar surface area (TPSA) is 54.8 Å². The van der Waals surface area contributed by atoms with Gasteiger partial charge < -0.3 is 14.2 Å². The van der Waals surface area contributed by atoms with E-state index < -0.39 is 0 Å². The first-order chi connectivity index (χ1) is 18.9. The van der Waals surface area contributed by atoms with Crippen LogP contribution in [0.3, 0.4) is 0 Å². The molecule has 1 aromatic heterocycles. The number of amides is 1. The van der Waals surface area contributed by atoms with E-state index in [4.69, 9.17) is 4.74 Å². The molecule has 1 saturated heterocycles. The number of ether oxygens (including phenoxy) is 1. The molecule has 2 heterocycles. The van der Waals surface area contributed by atoms with E-state index >= 15 is 0 Å². The maximum absolute atomic E-state index is 13.3. The van der Waals surface area contributed by atoms with Crippen molar-refractivity contribution < 1.29 is 14.3 Å². The zero-order valence-corrected chi connectivity index (χ0v) is 23.3. The van der Waals surface area contributed by atoms with Crippen molar-refractivity contribution in [3.05, 3.63) is 101 Å². The molecule has 3 aromatic carbocycles. The van der Waals surface area contributed by atoms with Gasteiger partial charge in [0.15, 0.2) is 0 Å². The largest absolute Gasteiger partial charge is 0.465 e. The van der Waals surface area contributed by atoms with Crippen LogP contribution in [0.5, 0.6) is 0 Å². The summed E-state index contributed by atoms with van der Waals surface area (Å²) in [4.78, 5) is 30.0. The molecule has 0 saturated carbocycles. The number of likely N-dealkylation sites (tertiary alicyclic amines) is 1. The highest BCUT2D eigenvalue weighted by atomic mass is 16.5. The predicted octanol–water partition coefficient (Wildman–Crippen LogP) is 6.28. The molecule has 0 N–H and O–H groups in total. The minimum absolute atomic E-state index is 0.104. The van der Waals surface area contributed by atoms with Gasteiger partial charge in [0.25, 0.3) is 5.91 Å². The van der Waals surface area contributed by atoms with Crippen LogP contribution in [-0.4, -0.2) is 59.5 Å². The summed E-state index contributed by atoms with van der Waals surface area (Å²) in [5.41, 5.74) is 5.78. The van der Waals surface area contributed by atoms with Gasteiger partial charge in [0.05, 0.1) is 18.2 Å². The smallest absolute Gasteiger partial charge is 0.337 e. The minimum atomic E-state index is -0.341. The number of aromatic nitrogens is 1. The highest BCUT2D eigenvalue weighted by molar-refractivity contribution is 5.96. The number of likely N-dealkylation sites (N-methyl/N-ethyl adjacent to an activating group) is 1. The molecule has 1 atom stereocenters. The molecule has 0 radical (unpaired) electrons. The molecule has 202 valence electrons. The summed E-state index contributed by atoms with van der Waals surface area (Å²) in [5, 5.41) is 1.03. The number of rotatable bonds is 7. The molecule has 1 aliphatic heterocycles. The minimum Gasteiger partial charge on any atom is -0.465 e. The molecule has 6 nitrogen and oxygen atoms in total. The third-order valence-electron chi connectivity index (χ3n) is 7.89. The molecule has 1 aliphatic rings. The third-order valence-corrected chi connectivity index (χ3v) is 7.89. The predicted molar refractivity (Wildman–Crippen MR) is 156 cm³/mol. The quantitative estimate of drug-likeness (QED) is 0.268. The SMILES string of the molecule is COC(=O)c1ccc2c(c1)c(CN(C)C1CCCN(C(=O)c3ccc(C(C)C)cc3)C1)cn2-c1ccccc1. The summed E-state index contributed by atoms with van der Waals surface area (Å²) >= 11 is 0. The Bertz CT molecular complexity index is 1460.